The Labute approximate surface area is 202 Å². The van der Waals surface area contributed by atoms with Crippen LogP contribution in [0.4, 0.5) is 10.1 Å². The van der Waals surface area contributed by atoms with Crippen molar-refractivity contribution in [2.75, 3.05) is 33.1 Å². The minimum Gasteiger partial charge on any atom is -0.497 e. The van der Waals surface area contributed by atoms with Crippen LogP contribution in [-0.4, -0.2) is 54.6 Å². The number of ether oxygens (including phenoxy) is 2. The van der Waals surface area contributed by atoms with Crippen molar-refractivity contribution in [1.29, 1.82) is 0 Å². The molecule has 0 saturated heterocycles. The zero-order valence-corrected chi connectivity index (χ0v) is 19.7. The van der Waals surface area contributed by atoms with Crippen molar-refractivity contribution in [1.82, 2.24) is 15.0 Å². The lowest BCUT2D eigenvalue weighted by Crippen LogP contribution is -2.49. The Morgan fingerprint density at radius 3 is 2.71 bits per heavy atom. The van der Waals surface area contributed by atoms with Crippen LogP contribution in [0, 0.1) is 5.82 Å². The van der Waals surface area contributed by atoms with Gasteiger partial charge in [0.25, 0.3) is 11.8 Å². The third-order valence-electron chi connectivity index (χ3n) is 5.73. The van der Waals surface area contributed by atoms with Crippen molar-refractivity contribution in [3.63, 3.8) is 0 Å². The van der Waals surface area contributed by atoms with E-state index in [1.165, 1.54) is 17.1 Å². The zero-order valence-electron chi connectivity index (χ0n) is 19.7. The van der Waals surface area contributed by atoms with Gasteiger partial charge in [0.1, 0.15) is 17.1 Å². The van der Waals surface area contributed by atoms with Crippen LogP contribution in [0.1, 0.15) is 6.42 Å². The van der Waals surface area contributed by atoms with Crippen LogP contribution in [0.2, 0.25) is 0 Å². The molecule has 0 fully saturated rings. The van der Waals surface area contributed by atoms with Gasteiger partial charge in [0.15, 0.2) is 11.6 Å². The van der Waals surface area contributed by atoms with Gasteiger partial charge in [-0.15, -0.1) is 6.58 Å². The monoisotopic (exact) mass is 476 g/mol. The summed E-state index contributed by atoms with van der Waals surface area (Å²) in [4.78, 5) is 30.0. The Hall–Kier alpha value is -4.24. The van der Waals surface area contributed by atoms with E-state index < -0.39 is 17.6 Å². The number of aromatic nitrogens is 1. The van der Waals surface area contributed by atoms with Crippen LogP contribution in [0.5, 0.6) is 17.2 Å². The van der Waals surface area contributed by atoms with Gasteiger partial charge in [0.2, 0.25) is 0 Å². The van der Waals surface area contributed by atoms with Crippen LogP contribution in [0.25, 0.3) is 10.9 Å². The van der Waals surface area contributed by atoms with E-state index >= 15 is 0 Å². The number of hydrogen-bond acceptors (Lipinski definition) is 6. The summed E-state index contributed by atoms with van der Waals surface area (Å²) in [5.41, 5.74) is 1.51. The van der Waals surface area contributed by atoms with E-state index in [1.807, 2.05) is 0 Å². The maximum absolute atomic E-state index is 14.9. The average Bonchev–Trinajstić information content (AvgIpc) is 2.84. The number of fused-ring (bicyclic) bond motifs is 1. The quantitative estimate of drug-likeness (QED) is 0.404. The van der Waals surface area contributed by atoms with E-state index in [2.05, 4.69) is 16.9 Å². The molecule has 8 nitrogen and oxygen atoms in total. The van der Waals surface area contributed by atoms with E-state index in [0.29, 0.717) is 40.9 Å². The van der Waals surface area contributed by atoms with Crippen LogP contribution in [0.3, 0.4) is 0 Å². The van der Waals surface area contributed by atoms with Crippen LogP contribution in [-0.2, 0) is 9.59 Å². The first kappa shape index (κ1) is 23.9. The smallest absolute Gasteiger partial charge is 0.273 e. The minimum absolute atomic E-state index is 0.0204. The van der Waals surface area contributed by atoms with Crippen molar-refractivity contribution >= 4 is 28.4 Å². The van der Waals surface area contributed by atoms with Gasteiger partial charge >= 0.3 is 0 Å². The first-order chi connectivity index (χ1) is 16.8. The Balaban J connectivity index is 1.56. The molecule has 1 aliphatic rings. The van der Waals surface area contributed by atoms with E-state index in [-0.39, 0.29) is 17.0 Å². The number of hydrazine groups is 1. The highest BCUT2D eigenvalue weighted by molar-refractivity contribution is 6.23. The summed E-state index contributed by atoms with van der Waals surface area (Å²) in [6.07, 6.45) is 3.59. The van der Waals surface area contributed by atoms with Gasteiger partial charge in [0.05, 0.1) is 12.6 Å². The van der Waals surface area contributed by atoms with Crippen LogP contribution < -0.4 is 14.8 Å². The normalized spacial score (nSPS) is 14.3. The van der Waals surface area contributed by atoms with Crippen molar-refractivity contribution in [2.24, 2.45) is 0 Å². The summed E-state index contributed by atoms with van der Waals surface area (Å²) in [6.45, 7) is 4.11. The highest BCUT2D eigenvalue weighted by Crippen LogP contribution is 2.33. The third-order valence-corrected chi connectivity index (χ3v) is 5.73. The average molecular weight is 477 g/mol. The predicted octanol–water partition coefficient (Wildman–Crippen LogP) is 4.30. The molecule has 1 aliphatic heterocycles. The van der Waals surface area contributed by atoms with Crippen molar-refractivity contribution in [3.05, 3.63) is 78.3 Å². The number of methoxy groups -OCH3 is 1. The molecule has 0 unspecified atom stereocenters. The molecule has 1 N–H and O–H groups in total. The van der Waals surface area contributed by atoms with Gasteiger partial charge in [-0.05, 0) is 42.3 Å². The number of allylic oxidation sites excluding steroid dienone is 1. The third kappa shape index (κ3) is 4.85. The fraction of sp³-hybridized carbons (Fsp3) is 0.192. The number of halogens is 1. The van der Waals surface area contributed by atoms with Gasteiger partial charge in [-0.1, -0.05) is 6.08 Å². The first-order valence-corrected chi connectivity index (χ1v) is 10.9. The van der Waals surface area contributed by atoms with Gasteiger partial charge < -0.3 is 14.8 Å². The van der Waals surface area contributed by atoms with Crippen LogP contribution in [0.15, 0.2) is 72.5 Å². The molecule has 180 valence electrons. The second kappa shape index (κ2) is 9.94. The highest BCUT2D eigenvalue weighted by Gasteiger charge is 2.32. The Kier molecular flexibility index (Phi) is 6.79. The van der Waals surface area contributed by atoms with Gasteiger partial charge in [0, 0.05) is 50.0 Å². The molecule has 0 saturated carbocycles. The fourth-order valence-corrected chi connectivity index (χ4v) is 3.82. The molecule has 4 rings (SSSR count). The lowest BCUT2D eigenvalue weighted by atomic mass is 10.0. The molecule has 2 heterocycles. The summed E-state index contributed by atoms with van der Waals surface area (Å²) in [5.74, 6) is -0.661. The lowest BCUT2D eigenvalue weighted by Gasteiger charge is -2.34. The van der Waals surface area contributed by atoms with E-state index in [0.717, 1.165) is 6.07 Å². The van der Waals surface area contributed by atoms with Crippen molar-refractivity contribution in [2.45, 2.75) is 6.42 Å². The number of anilines is 1. The second-order valence-electron chi connectivity index (χ2n) is 8.01. The molecular formula is C26H25FN4O4. The summed E-state index contributed by atoms with van der Waals surface area (Å²) in [6, 6.07) is 11.0. The number of hydrogen-bond donors (Lipinski definition) is 1. The summed E-state index contributed by atoms with van der Waals surface area (Å²) in [7, 11) is 4.91. The number of benzene rings is 2. The number of nitrogens with zero attached hydrogens (tertiary/aromatic N) is 3. The number of pyridine rings is 1. The van der Waals surface area contributed by atoms with Crippen molar-refractivity contribution < 1.29 is 23.5 Å². The molecule has 0 aliphatic carbocycles. The molecule has 2 amide bonds. The molecular weight excluding hydrogens is 451 g/mol. The SMILES string of the molecule is C=CCC1=C(C(=O)Nc2ccc(Oc3ccnc4cc(OC)ccc34)c(F)c2)C(=O)N(C)N(C)C1. The molecule has 0 radical (unpaired) electrons. The molecule has 0 spiro atoms. The summed E-state index contributed by atoms with van der Waals surface area (Å²) >= 11 is 0. The number of nitrogens with one attached hydrogen (secondary N) is 1. The summed E-state index contributed by atoms with van der Waals surface area (Å²) < 4.78 is 25.9. The number of likely N-dealkylation sites (N-methyl/N-ethyl adjacent to an activating group) is 2. The largest absolute Gasteiger partial charge is 0.497 e. The number of amides is 2. The predicted molar refractivity (Wildman–Crippen MR) is 131 cm³/mol. The standard InChI is InChI=1S/C26H25FN4O4/c1-5-6-16-15-30(2)31(3)26(33)24(16)25(32)29-17-7-10-23(20(27)13-17)35-22-11-12-28-21-14-18(34-4)8-9-19(21)22/h5,7-14H,1,6,15H2,2-4H3,(H,29,32). The second-order valence-corrected chi connectivity index (χ2v) is 8.01. The Bertz CT molecular complexity index is 1350. The highest BCUT2D eigenvalue weighted by atomic mass is 19.1. The van der Waals surface area contributed by atoms with Gasteiger partial charge in [-0.2, -0.15) is 0 Å². The van der Waals surface area contributed by atoms with E-state index in [1.54, 1.807) is 62.8 Å². The van der Waals surface area contributed by atoms with Gasteiger partial charge in [-0.3, -0.25) is 19.6 Å². The molecule has 1 aromatic heterocycles. The summed E-state index contributed by atoms with van der Waals surface area (Å²) in [5, 5.41) is 6.39. The Morgan fingerprint density at radius 1 is 1.20 bits per heavy atom. The molecule has 3 aromatic rings. The van der Waals surface area contributed by atoms with Crippen LogP contribution >= 0.6 is 0 Å². The maximum atomic E-state index is 14.9. The fourth-order valence-electron chi connectivity index (χ4n) is 3.82. The van der Waals surface area contributed by atoms with Gasteiger partial charge in [-0.25, -0.2) is 9.40 Å². The molecule has 35 heavy (non-hydrogen) atoms. The lowest BCUT2D eigenvalue weighted by molar-refractivity contribution is -0.141. The zero-order chi connectivity index (χ0) is 25.1. The molecule has 2 aromatic carbocycles. The number of carbonyl (C=O) groups excluding carboxylic acids is 2. The minimum atomic E-state index is -0.673. The first-order valence-electron chi connectivity index (χ1n) is 10.9. The number of carbonyl (C=O) groups is 2. The molecule has 9 heteroatoms. The van der Waals surface area contributed by atoms with E-state index in [9.17, 15) is 14.0 Å². The van der Waals surface area contributed by atoms with Crippen molar-refractivity contribution in [3.8, 4) is 17.2 Å². The topological polar surface area (TPSA) is 84.0 Å². The Morgan fingerprint density at radius 2 is 2.00 bits per heavy atom. The number of rotatable bonds is 7. The maximum Gasteiger partial charge on any atom is 0.273 e. The van der Waals surface area contributed by atoms with E-state index in [4.69, 9.17) is 9.47 Å². The molecule has 0 bridgehead atoms. The molecule has 0 atom stereocenters.